The Morgan fingerprint density at radius 1 is 1.26 bits per heavy atom. The van der Waals surface area contributed by atoms with Crippen LogP contribution in [0.2, 0.25) is 0 Å². The van der Waals surface area contributed by atoms with E-state index in [1.54, 1.807) is 0 Å². The van der Waals surface area contributed by atoms with Crippen molar-refractivity contribution in [1.82, 2.24) is 9.78 Å². The number of ether oxygens (including phenoxy) is 1. The molecule has 1 heterocycles. The number of benzene rings is 1. The number of halogens is 1. The summed E-state index contributed by atoms with van der Waals surface area (Å²) >= 11 is 2.32. The van der Waals surface area contributed by atoms with Crippen LogP contribution in [0, 0.1) is 3.57 Å². The van der Waals surface area contributed by atoms with Gasteiger partial charge in [-0.15, -0.1) is 0 Å². The van der Waals surface area contributed by atoms with E-state index < -0.39 is 0 Å². The van der Waals surface area contributed by atoms with Crippen LogP contribution in [0.1, 0.15) is 20.8 Å². The Hall–Kier alpha value is -0.880. The van der Waals surface area contributed by atoms with Crippen molar-refractivity contribution in [3.63, 3.8) is 0 Å². The van der Waals surface area contributed by atoms with Gasteiger partial charge in [0.05, 0.1) is 24.9 Å². The first kappa shape index (κ1) is 14.5. The number of hydrogen-bond donors (Lipinski definition) is 0. The number of rotatable bonds is 4. The molecule has 0 N–H and O–H groups in total. The van der Waals surface area contributed by atoms with Crippen LogP contribution in [0.15, 0.2) is 36.7 Å². The third-order valence-corrected chi connectivity index (χ3v) is 3.32. The Labute approximate surface area is 128 Å². The van der Waals surface area contributed by atoms with Crippen LogP contribution < -0.4 is 0 Å². The Kier molecular flexibility index (Phi) is 4.62. The summed E-state index contributed by atoms with van der Waals surface area (Å²) in [4.78, 5) is 0. The normalized spacial score (nSPS) is 11.8. The molecule has 3 nitrogen and oxygen atoms in total. The lowest BCUT2D eigenvalue weighted by atomic mass is 10.1. The van der Waals surface area contributed by atoms with E-state index >= 15 is 0 Å². The lowest BCUT2D eigenvalue weighted by molar-refractivity contribution is -0.00788. The van der Waals surface area contributed by atoms with Gasteiger partial charge in [0.15, 0.2) is 0 Å². The fourth-order valence-electron chi connectivity index (χ4n) is 1.75. The second kappa shape index (κ2) is 6.05. The molecule has 0 radical (unpaired) electrons. The molecule has 19 heavy (non-hydrogen) atoms. The van der Waals surface area contributed by atoms with E-state index in [-0.39, 0.29) is 5.60 Å². The van der Waals surface area contributed by atoms with Gasteiger partial charge >= 0.3 is 0 Å². The fourth-order valence-corrected chi connectivity index (χ4v) is 2.29. The maximum Gasteiger partial charge on any atom is 0.0669 e. The smallest absolute Gasteiger partial charge is 0.0669 e. The minimum atomic E-state index is -0.0917. The van der Waals surface area contributed by atoms with Gasteiger partial charge in [-0.3, -0.25) is 4.68 Å². The minimum absolute atomic E-state index is 0.0917. The molecule has 0 spiro atoms. The largest absolute Gasteiger partial charge is 0.374 e. The molecule has 1 aromatic heterocycles. The average molecular weight is 370 g/mol. The van der Waals surface area contributed by atoms with Crippen molar-refractivity contribution < 1.29 is 4.74 Å². The summed E-state index contributed by atoms with van der Waals surface area (Å²) in [5.41, 5.74) is 2.26. The Morgan fingerprint density at radius 3 is 2.74 bits per heavy atom. The highest BCUT2D eigenvalue weighted by Gasteiger charge is 2.09. The molecule has 0 atom stereocenters. The summed E-state index contributed by atoms with van der Waals surface area (Å²) in [6.45, 7) is 7.65. The van der Waals surface area contributed by atoms with Gasteiger partial charge in [-0.05, 0) is 61.1 Å². The maximum absolute atomic E-state index is 5.71. The van der Waals surface area contributed by atoms with E-state index in [0.717, 1.165) is 12.1 Å². The second-order valence-corrected chi connectivity index (χ2v) is 6.71. The van der Waals surface area contributed by atoms with E-state index in [1.807, 2.05) is 10.9 Å². The van der Waals surface area contributed by atoms with Crippen molar-refractivity contribution >= 4 is 22.6 Å². The predicted molar refractivity (Wildman–Crippen MR) is 86.1 cm³/mol. The van der Waals surface area contributed by atoms with E-state index in [2.05, 4.69) is 78.9 Å². The van der Waals surface area contributed by atoms with Crippen LogP contribution in [-0.2, 0) is 11.3 Å². The summed E-state index contributed by atoms with van der Waals surface area (Å²) < 4.78 is 8.87. The first-order chi connectivity index (χ1) is 8.94. The predicted octanol–water partition coefficient (Wildman–Crippen LogP) is 3.97. The second-order valence-electron chi connectivity index (χ2n) is 5.46. The Balaban J connectivity index is 1.99. The Morgan fingerprint density at radius 2 is 2.05 bits per heavy atom. The molecule has 0 amide bonds. The molecule has 0 bridgehead atoms. The zero-order chi connectivity index (χ0) is 13.9. The molecule has 0 saturated heterocycles. The van der Waals surface area contributed by atoms with E-state index in [9.17, 15) is 0 Å². The van der Waals surface area contributed by atoms with Crippen LogP contribution >= 0.6 is 22.6 Å². The molecule has 102 valence electrons. The monoisotopic (exact) mass is 370 g/mol. The first-order valence-electron chi connectivity index (χ1n) is 6.36. The molecule has 0 aliphatic heterocycles. The lowest BCUT2D eigenvalue weighted by Crippen LogP contribution is -2.21. The average Bonchev–Trinajstić information content (AvgIpc) is 2.76. The van der Waals surface area contributed by atoms with Crippen LogP contribution in [0.25, 0.3) is 11.1 Å². The molecule has 0 aliphatic rings. The number of nitrogens with zero attached hydrogens (tertiary/aromatic N) is 2. The third-order valence-electron chi connectivity index (χ3n) is 2.65. The quantitative estimate of drug-likeness (QED) is 0.762. The van der Waals surface area contributed by atoms with Crippen molar-refractivity contribution in [3.8, 4) is 11.1 Å². The third kappa shape index (κ3) is 4.62. The van der Waals surface area contributed by atoms with Gasteiger partial charge < -0.3 is 4.74 Å². The molecular weight excluding hydrogens is 351 g/mol. The van der Waals surface area contributed by atoms with Gasteiger partial charge in [0, 0.05) is 15.3 Å². The lowest BCUT2D eigenvalue weighted by Gasteiger charge is -2.19. The summed E-state index contributed by atoms with van der Waals surface area (Å²) in [6.07, 6.45) is 3.97. The SMILES string of the molecule is CC(C)(C)OCCn1cc(-c2cccc(I)c2)cn1. The van der Waals surface area contributed by atoms with Gasteiger partial charge in [-0.25, -0.2) is 0 Å². The van der Waals surface area contributed by atoms with Gasteiger partial charge in [0.2, 0.25) is 0 Å². The highest BCUT2D eigenvalue weighted by Crippen LogP contribution is 2.20. The van der Waals surface area contributed by atoms with Crippen molar-refractivity contribution in [2.75, 3.05) is 6.61 Å². The number of hydrogen-bond acceptors (Lipinski definition) is 2. The van der Waals surface area contributed by atoms with Gasteiger partial charge in [-0.2, -0.15) is 5.10 Å². The van der Waals surface area contributed by atoms with Crippen LogP contribution in [0.4, 0.5) is 0 Å². The zero-order valence-corrected chi connectivity index (χ0v) is 13.7. The number of aromatic nitrogens is 2. The standard InChI is InChI=1S/C15H19IN2O/c1-15(2,3)19-8-7-18-11-13(10-17-18)12-5-4-6-14(16)9-12/h4-6,9-11H,7-8H2,1-3H3. The van der Waals surface area contributed by atoms with Gasteiger partial charge in [0.1, 0.15) is 0 Å². The molecule has 0 saturated carbocycles. The van der Waals surface area contributed by atoms with E-state index in [1.165, 1.54) is 9.13 Å². The van der Waals surface area contributed by atoms with Crippen LogP contribution in [0.3, 0.4) is 0 Å². The molecule has 0 unspecified atom stereocenters. The Bertz CT molecular complexity index is 543. The molecule has 2 aromatic rings. The molecule has 0 fully saturated rings. The topological polar surface area (TPSA) is 27.1 Å². The molecule has 1 aromatic carbocycles. The van der Waals surface area contributed by atoms with E-state index in [4.69, 9.17) is 4.74 Å². The molecule has 4 heteroatoms. The van der Waals surface area contributed by atoms with Gasteiger partial charge in [-0.1, -0.05) is 12.1 Å². The summed E-state index contributed by atoms with van der Waals surface area (Å²) in [5, 5.41) is 4.38. The molecular formula is C15H19IN2O. The highest BCUT2D eigenvalue weighted by atomic mass is 127. The van der Waals surface area contributed by atoms with Crippen molar-refractivity contribution in [1.29, 1.82) is 0 Å². The van der Waals surface area contributed by atoms with Crippen molar-refractivity contribution in [2.24, 2.45) is 0 Å². The highest BCUT2D eigenvalue weighted by molar-refractivity contribution is 14.1. The fraction of sp³-hybridized carbons (Fsp3) is 0.400. The summed E-state index contributed by atoms with van der Waals surface area (Å²) in [5.74, 6) is 0. The van der Waals surface area contributed by atoms with Crippen molar-refractivity contribution in [2.45, 2.75) is 32.9 Å². The minimum Gasteiger partial charge on any atom is -0.374 e. The summed E-state index contributed by atoms with van der Waals surface area (Å²) in [6, 6.07) is 8.42. The summed E-state index contributed by atoms with van der Waals surface area (Å²) in [7, 11) is 0. The van der Waals surface area contributed by atoms with Gasteiger partial charge in [0.25, 0.3) is 0 Å². The van der Waals surface area contributed by atoms with Crippen LogP contribution in [-0.4, -0.2) is 22.0 Å². The molecule has 2 rings (SSSR count). The van der Waals surface area contributed by atoms with Crippen molar-refractivity contribution in [3.05, 3.63) is 40.2 Å². The molecule has 0 aliphatic carbocycles. The van der Waals surface area contributed by atoms with E-state index in [0.29, 0.717) is 6.61 Å². The maximum atomic E-state index is 5.71. The zero-order valence-electron chi connectivity index (χ0n) is 11.6. The first-order valence-corrected chi connectivity index (χ1v) is 7.44. The van der Waals surface area contributed by atoms with Crippen LogP contribution in [0.5, 0.6) is 0 Å².